The molecule has 2 nitrogen and oxygen atoms in total. The third-order valence-corrected chi connectivity index (χ3v) is 3.79. The quantitative estimate of drug-likeness (QED) is 0.811. The number of rotatable bonds is 6. The number of nitrogens with two attached hydrogens (primary N) is 1. The highest BCUT2D eigenvalue weighted by Crippen LogP contribution is 2.36. The van der Waals surface area contributed by atoms with Crippen molar-refractivity contribution in [1.82, 2.24) is 0 Å². The van der Waals surface area contributed by atoms with Crippen molar-refractivity contribution in [3.63, 3.8) is 0 Å². The van der Waals surface area contributed by atoms with Gasteiger partial charge in [0, 0.05) is 21.8 Å². The molecule has 0 bridgehead atoms. The lowest BCUT2D eigenvalue weighted by atomic mass is 9.99. The SMILES string of the molecule is CCCOc1c(CC(N)CC)cc(Cl)c2ccccc12.Cl. The predicted molar refractivity (Wildman–Crippen MR) is 94.0 cm³/mol. The second kappa shape index (κ2) is 8.47. The molecule has 0 spiro atoms. The molecule has 0 radical (unpaired) electrons. The molecule has 2 rings (SSSR count). The first-order valence-electron chi connectivity index (χ1n) is 7.25. The molecule has 1 unspecified atom stereocenters. The molecule has 0 saturated heterocycles. The Hall–Kier alpha value is -0.960. The summed E-state index contributed by atoms with van der Waals surface area (Å²) in [6.45, 7) is 4.91. The van der Waals surface area contributed by atoms with Crippen LogP contribution in [0, 0.1) is 0 Å². The zero-order valence-electron chi connectivity index (χ0n) is 12.6. The number of hydrogen-bond donors (Lipinski definition) is 1. The Balaban J connectivity index is 0.00000220. The highest BCUT2D eigenvalue weighted by Gasteiger charge is 2.14. The molecule has 0 fully saturated rings. The van der Waals surface area contributed by atoms with E-state index in [1.165, 1.54) is 0 Å². The summed E-state index contributed by atoms with van der Waals surface area (Å²) in [5.41, 5.74) is 7.21. The van der Waals surface area contributed by atoms with Gasteiger partial charge in [-0.2, -0.15) is 0 Å². The van der Waals surface area contributed by atoms with E-state index in [0.717, 1.165) is 46.4 Å². The van der Waals surface area contributed by atoms with E-state index in [9.17, 15) is 0 Å². The second-order valence-corrected chi connectivity index (χ2v) is 5.52. The Morgan fingerprint density at radius 1 is 1.19 bits per heavy atom. The molecule has 0 heterocycles. The van der Waals surface area contributed by atoms with Crippen molar-refractivity contribution in [3.8, 4) is 5.75 Å². The Labute approximate surface area is 138 Å². The summed E-state index contributed by atoms with van der Waals surface area (Å²) in [5.74, 6) is 0.941. The minimum atomic E-state index is 0. The average Bonchev–Trinajstić information content (AvgIpc) is 2.47. The van der Waals surface area contributed by atoms with Gasteiger partial charge in [0.05, 0.1) is 6.61 Å². The van der Waals surface area contributed by atoms with E-state index in [0.29, 0.717) is 6.61 Å². The molecule has 2 N–H and O–H groups in total. The van der Waals surface area contributed by atoms with Gasteiger partial charge in [-0.05, 0) is 30.9 Å². The molecule has 4 heteroatoms. The van der Waals surface area contributed by atoms with Gasteiger partial charge in [-0.1, -0.05) is 49.7 Å². The van der Waals surface area contributed by atoms with Crippen LogP contribution in [0.15, 0.2) is 30.3 Å². The number of benzene rings is 2. The monoisotopic (exact) mass is 327 g/mol. The summed E-state index contributed by atoms with van der Waals surface area (Å²) < 4.78 is 5.99. The maximum Gasteiger partial charge on any atom is 0.130 e. The van der Waals surface area contributed by atoms with Gasteiger partial charge in [-0.15, -0.1) is 12.4 Å². The second-order valence-electron chi connectivity index (χ2n) is 5.11. The Kier molecular flexibility index (Phi) is 7.30. The molecule has 0 aliphatic carbocycles. The summed E-state index contributed by atoms with van der Waals surface area (Å²) in [7, 11) is 0. The van der Waals surface area contributed by atoms with Gasteiger partial charge in [0.2, 0.25) is 0 Å². The zero-order chi connectivity index (χ0) is 14.5. The molecule has 0 aliphatic heterocycles. The van der Waals surface area contributed by atoms with Crippen LogP contribution in [0.2, 0.25) is 5.02 Å². The maximum atomic E-state index is 6.40. The first kappa shape index (κ1) is 18.1. The van der Waals surface area contributed by atoms with E-state index in [1.807, 2.05) is 24.3 Å². The first-order valence-corrected chi connectivity index (χ1v) is 7.63. The maximum absolute atomic E-state index is 6.40. The normalized spacial score (nSPS) is 12.0. The van der Waals surface area contributed by atoms with E-state index < -0.39 is 0 Å². The fourth-order valence-electron chi connectivity index (χ4n) is 2.31. The molecule has 0 aromatic heterocycles. The standard InChI is InChI=1S/C17H22ClNO.ClH/c1-3-9-20-17-12(10-13(19)4-2)11-16(18)14-7-5-6-8-15(14)17;/h5-8,11,13H,3-4,9-10,19H2,1-2H3;1H. The van der Waals surface area contributed by atoms with Crippen LogP contribution in [-0.4, -0.2) is 12.6 Å². The van der Waals surface area contributed by atoms with Gasteiger partial charge in [0.15, 0.2) is 0 Å². The van der Waals surface area contributed by atoms with Crippen molar-refractivity contribution in [3.05, 3.63) is 40.9 Å². The van der Waals surface area contributed by atoms with Crippen molar-refractivity contribution < 1.29 is 4.74 Å². The van der Waals surface area contributed by atoms with Crippen molar-refractivity contribution >= 4 is 34.8 Å². The largest absolute Gasteiger partial charge is 0.493 e. The third kappa shape index (κ3) is 4.26. The molecular formula is C17H23Cl2NO. The minimum Gasteiger partial charge on any atom is -0.493 e. The van der Waals surface area contributed by atoms with Crippen LogP contribution < -0.4 is 10.5 Å². The van der Waals surface area contributed by atoms with Crippen molar-refractivity contribution in [2.24, 2.45) is 5.73 Å². The molecule has 2 aromatic rings. The summed E-state index contributed by atoms with van der Waals surface area (Å²) in [6, 6.07) is 10.2. The topological polar surface area (TPSA) is 35.2 Å². The van der Waals surface area contributed by atoms with E-state index in [1.54, 1.807) is 0 Å². The highest BCUT2D eigenvalue weighted by atomic mass is 35.5. The molecule has 0 amide bonds. The van der Waals surface area contributed by atoms with Crippen LogP contribution >= 0.6 is 24.0 Å². The van der Waals surface area contributed by atoms with Crippen LogP contribution in [0.4, 0.5) is 0 Å². The van der Waals surface area contributed by atoms with E-state index in [2.05, 4.69) is 19.9 Å². The lowest BCUT2D eigenvalue weighted by Gasteiger charge is -2.17. The lowest BCUT2D eigenvalue weighted by molar-refractivity contribution is 0.317. The molecule has 0 saturated carbocycles. The van der Waals surface area contributed by atoms with Gasteiger partial charge >= 0.3 is 0 Å². The van der Waals surface area contributed by atoms with Crippen molar-refractivity contribution in [1.29, 1.82) is 0 Å². The summed E-state index contributed by atoms with van der Waals surface area (Å²) in [6.07, 6.45) is 2.72. The average molecular weight is 328 g/mol. The molecule has 2 aromatic carbocycles. The smallest absolute Gasteiger partial charge is 0.130 e. The Morgan fingerprint density at radius 3 is 2.48 bits per heavy atom. The van der Waals surface area contributed by atoms with Crippen molar-refractivity contribution in [2.75, 3.05) is 6.61 Å². The fourth-order valence-corrected chi connectivity index (χ4v) is 2.61. The van der Waals surface area contributed by atoms with Crippen LogP contribution in [0.5, 0.6) is 5.75 Å². The van der Waals surface area contributed by atoms with E-state index >= 15 is 0 Å². The molecule has 1 atom stereocenters. The summed E-state index contributed by atoms with van der Waals surface area (Å²) in [4.78, 5) is 0. The summed E-state index contributed by atoms with van der Waals surface area (Å²) in [5, 5.41) is 2.88. The van der Waals surface area contributed by atoms with Gasteiger partial charge < -0.3 is 10.5 Å². The molecular weight excluding hydrogens is 305 g/mol. The zero-order valence-corrected chi connectivity index (χ0v) is 14.1. The van der Waals surface area contributed by atoms with Crippen LogP contribution in [0.25, 0.3) is 10.8 Å². The fraction of sp³-hybridized carbons (Fsp3) is 0.412. The number of ether oxygens (including phenoxy) is 1. The van der Waals surface area contributed by atoms with E-state index in [-0.39, 0.29) is 18.4 Å². The van der Waals surface area contributed by atoms with E-state index in [4.69, 9.17) is 22.1 Å². The van der Waals surface area contributed by atoms with Crippen LogP contribution in [-0.2, 0) is 6.42 Å². The van der Waals surface area contributed by atoms with Gasteiger partial charge in [0.25, 0.3) is 0 Å². The highest BCUT2D eigenvalue weighted by molar-refractivity contribution is 6.35. The minimum absolute atomic E-state index is 0. The predicted octanol–water partition coefficient (Wildman–Crippen LogP) is 4.98. The molecule has 21 heavy (non-hydrogen) atoms. The Morgan fingerprint density at radius 2 is 1.86 bits per heavy atom. The Bertz CT molecular complexity index is 586. The van der Waals surface area contributed by atoms with Gasteiger partial charge in [-0.3, -0.25) is 0 Å². The van der Waals surface area contributed by atoms with Gasteiger partial charge in [-0.25, -0.2) is 0 Å². The van der Waals surface area contributed by atoms with Crippen LogP contribution in [0.1, 0.15) is 32.3 Å². The molecule has 0 aliphatic rings. The number of halogens is 2. The lowest BCUT2D eigenvalue weighted by Crippen LogP contribution is -2.21. The summed E-state index contributed by atoms with van der Waals surface area (Å²) >= 11 is 6.40. The van der Waals surface area contributed by atoms with Crippen molar-refractivity contribution in [2.45, 2.75) is 39.2 Å². The first-order chi connectivity index (χ1) is 9.67. The molecule has 116 valence electrons. The van der Waals surface area contributed by atoms with Gasteiger partial charge in [0.1, 0.15) is 5.75 Å². The van der Waals surface area contributed by atoms with Crippen LogP contribution in [0.3, 0.4) is 0 Å². The third-order valence-electron chi connectivity index (χ3n) is 3.48. The number of hydrogen-bond acceptors (Lipinski definition) is 2. The number of fused-ring (bicyclic) bond motifs is 1.